The molecule has 1 atom stereocenters. The van der Waals surface area contributed by atoms with E-state index in [9.17, 15) is 9.59 Å². The normalized spacial score (nSPS) is 16.5. The Morgan fingerprint density at radius 1 is 1.03 bits per heavy atom. The van der Waals surface area contributed by atoms with Crippen LogP contribution in [0.2, 0.25) is 5.02 Å². The topological polar surface area (TPSA) is 70.5 Å². The van der Waals surface area contributed by atoms with Gasteiger partial charge in [-0.2, -0.15) is 0 Å². The van der Waals surface area contributed by atoms with Crippen LogP contribution in [0.25, 0.3) is 16.9 Å². The number of aromatic amines is 1. The van der Waals surface area contributed by atoms with Gasteiger partial charge in [-0.1, -0.05) is 54.1 Å². The summed E-state index contributed by atoms with van der Waals surface area (Å²) in [6.45, 7) is 1.13. The van der Waals surface area contributed by atoms with Gasteiger partial charge in [-0.25, -0.2) is 9.50 Å². The average molecular weight is 419 g/mol. The van der Waals surface area contributed by atoms with Crippen LogP contribution in [0, 0.1) is 0 Å². The number of nitrogens with zero attached hydrogens (tertiary/aromatic N) is 3. The van der Waals surface area contributed by atoms with Crippen LogP contribution in [-0.4, -0.2) is 31.9 Å². The molecule has 0 unspecified atom stereocenters. The Balaban J connectivity index is 1.44. The molecule has 0 aliphatic carbocycles. The lowest BCUT2D eigenvalue weighted by atomic mass is 10.0. The number of amides is 1. The monoisotopic (exact) mass is 418 g/mol. The lowest BCUT2D eigenvalue weighted by Crippen LogP contribution is -2.24. The predicted molar refractivity (Wildman–Crippen MR) is 115 cm³/mol. The van der Waals surface area contributed by atoms with Crippen molar-refractivity contribution in [2.75, 3.05) is 6.54 Å². The van der Waals surface area contributed by atoms with Crippen LogP contribution in [0.1, 0.15) is 23.6 Å². The number of aromatic nitrogens is 3. The van der Waals surface area contributed by atoms with Crippen molar-refractivity contribution < 1.29 is 4.79 Å². The van der Waals surface area contributed by atoms with Crippen molar-refractivity contribution in [1.29, 1.82) is 0 Å². The van der Waals surface area contributed by atoms with Gasteiger partial charge in [0.25, 0.3) is 5.56 Å². The molecule has 1 aliphatic rings. The molecule has 3 heterocycles. The Bertz CT molecular complexity index is 1300. The van der Waals surface area contributed by atoms with Crippen LogP contribution in [0.15, 0.2) is 71.5 Å². The number of hydrogen-bond acceptors (Lipinski definition) is 3. The number of benzene rings is 2. The molecule has 0 saturated carbocycles. The maximum atomic E-state index is 12.7. The molecule has 30 heavy (non-hydrogen) atoms. The molecular weight excluding hydrogens is 400 g/mol. The van der Waals surface area contributed by atoms with Crippen molar-refractivity contribution >= 4 is 23.2 Å². The molecule has 1 amide bonds. The maximum Gasteiger partial charge on any atom is 0.272 e. The van der Waals surface area contributed by atoms with Gasteiger partial charge in [-0.15, -0.1) is 0 Å². The SMILES string of the molecule is O=C1C[C@H](c2cc(=O)n3[nH]c(-c4cccc(Cl)c4)cc3n2)CN1Cc1ccccc1. The number of halogens is 1. The number of nitrogens with one attached hydrogen (secondary N) is 1. The quantitative estimate of drug-likeness (QED) is 0.547. The predicted octanol–water partition coefficient (Wildman–Crippen LogP) is 3.86. The van der Waals surface area contributed by atoms with E-state index < -0.39 is 0 Å². The molecule has 2 aromatic carbocycles. The summed E-state index contributed by atoms with van der Waals surface area (Å²) in [5.74, 6) is -0.0111. The second-order valence-electron chi connectivity index (χ2n) is 7.55. The van der Waals surface area contributed by atoms with E-state index in [1.54, 1.807) is 6.07 Å². The van der Waals surface area contributed by atoms with E-state index in [0.717, 1.165) is 16.8 Å². The molecule has 2 aromatic heterocycles. The highest BCUT2D eigenvalue weighted by Crippen LogP contribution is 2.28. The Hall–Kier alpha value is -3.38. The zero-order chi connectivity index (χ0) is 20.7. The van der Waals surface area contributed by atoms with E-state index in [4.69, 9.17) is 11.6 Å². The molecule has 0 bridgehead atoms. The number of rotatable bonds is 4. The maximum absolute atomic E-state index is 12.7. The minimum atomic E-state index is -0.197. The average Bonchev–Trinajstić information content (AvgIpc) is 3.33. The minimum absolute atomic E-state index is 0.0829. The van der Waals surface area contributed by atoms with Gasteiger partial charge < -0.3 is 4.90 Å². The van der Waals surface area contributed by atoms with Crippen molar-refractivity contribution in [3.05, 3.63) is 93.4 Å². The summed E-state index contributed by atoms with van der Waals surface area (Å²) in [5, 5.41) is 3.70. The van der Waals surface area contributed by atoms with Gasteiger partial charge in [-0.3, -0.25) is 14.7 Å². The molecule has 1 N–H and O–H groups in total. The lowest BCUT2D eigenvalue weighted by Gasteiger charge is -2.16. The Morgan fingerprint density at radius 3 is 2.67 bits per heavy atom. The molecule has 150 valence electrons. The zero-order valence-corrected chi connectivity index (χ0v) is 16.8. The van der Waals surface area contributed by atoms with E-state index in [1.165, 1.54) is 10.6 Å². The Labute approximate surface area is 177 Å². The van der Waals surface area contributed by atoms with Crippen LogP contribution < -0.4 is 5.56 Å². The number of carbonyl (C=O) groups is 1. The van der Waals surface area contributed by atoms with E-state index in [2.05, 4.69) is 10.1 Å². The summed E-state index contributed by atoms with van der Waals surface area (Å²) in [5.41, 5.74) is 3.71. The second-order valence-corrected chi connectivity index (χ2v) is 7.99. The lowest BCUT2D eigenvalue weighted by molar-refractivity contribution is -0.128. The fourth-order valence-electron chi connectivity index (χ4n) is 3.95. The van der Waals surface area contributed by atoms with Gasteiger partial charge in [-0.05, 0) is 17.7 Å². The van der Waals surface area contributed by atoms with Gasteiger partial charge in [0.15, 0.2) is 5.65 Å². The number of H-pyrrole nitrogens is 1. The summed E-state index contributed by atoms with van der Waals surface area (Å²) in [6.07, 6.45) is 0.362. The third-order valence-electron chi connectivity index (χ3n) is 5.45. The van der Waals surface area contributed by atoms with Crippen LogP contribution in [-0.2, 0) is 11.3 Å². The highest BCUT2D eigenvalue weighted by Gasteiger charge is 2.32. The minimum Gasteiger partial charge on any atom is -0.338 e. The summed E-state index contributed by atoms with van der Waals surface area (Å²) in [6, 6.07) is 20.7. The van der Waals surface area contributed by atoms with Crippen molar-refractivity contribution in [3.63, 3.8) is 0 Å². The fraction of sp³-hybridized carbons (Fsp3) is 0.174. The van der Waals surface area contributed by atoms with E-state index in [0.29, 0.717) is 35.9 Å². The molecule has 5 rings (SSSR count). The molecule has 1 aliphatic heterocycles. The van der Waals surface area contributed by atoms with Gasteiger partial charge >= 0.3 is 0 Å². The summed E-state index contributed by atoms with van der Waals surface area (Å²) in [7, 11) is 0. The standard InChI is InChI=1S/C23H19ClN4O2/c24-18-8-4-7-16(9-18)20-11-21-25-19(12-23(30)28(21)26-20)17-10-22(29)27(14-17)13-15-5-2-1-3-6-15/h1-9,11-12,17,26H,10,13-14H2/t17-/m0/s1. The third kappa shape index (κ3) is 3.50. The first kappa shape index (κ1) is 18.6. The van der Waals surface area contributed by atoms with Gasteiger partial charge in [0, 0.05) is 48.1 Å². The molecule has 7 heteroatoms. The summed E-state index contributed by atoms with van der Waals surface area (Å²) >= 11 is 6.09. The summed E-state index contributed by atoms with van der Waals surface area (Å²) in [4.78, 5) is 31.7. The zero-order valence-electron chi connectivity index (χ0n) is 16.1. The van der Waals surface area contributed by atoms with Crippen molar-refractivity contribution in [2.24, 2.45) is 0 Å². The van der Waals surface area contributed by atoms with Crippen LogP contribution in [0.5, 0.6) is 0 Å². The van der Waals surface area contributed by atoms with Crippen molar-refractivity contribution in [1.82, 2.24) is 19.5 Å². The smallest absolute Gasteiger partial charge is 0.272 e. The number of likely N-dealkylation sites (tertiary alicyclic amines) is 1. The van der Waals surface area contributed by atoms with Crippen LogP contribution in [0.4, 0.5) is 0 Å². The van der Waals surface area contributed by atoms with Gasteiger partial charge in [0.05, 0.1) is 11.4 Å². The van der Waals surface area contributed by atoms with Crippen molar-refractivity contribution in [3.8, 4) is 11.3 Å². The molecule has 0 spiro atoms. The number of fused-ring (bicyclic) bond motifs is 1. The van der Waals surface area contributed by atoms with E-state index in [1.807, 2.05) is 59.5 Å². The summed E-state index contributed by atoms with van der Waals surface area (Å²) < 4.78 is 1.41. The first-order valence-electron chi connectivity index (χ1n) is 9.77. The van der Waals surface area contributed by atoms with Gasteiger partial charge in [0.1, 0.15) is 0 Å². The highest BCUT2D eigenvalue weighted by atomic mass is 35.5. The van der Waals surface area contributed by atoms with Crippen molar-refractivity contribution in [2.45, 2.75) is 18.9 Å². The second kappa shape index (κ2) is 7.46. The first-order valence-corrected chi connectivity index (χ1v) is 10.1. The van der Waals surface area contributed by atoms with E-state index >= 15 is 0 Å². The molecule has 1 saturated heterocycles. The van der Waals surface area contributed by atoms with E-state index in [-0.39, 0.29) is 17.4 Å². The molecule has 4 aromatic rings. The van der Waals surface area contributed by atoms with Gasteiger partial charge in [0.2, 0.25) is 5.91 Å². The largest absolute Gasteiger partial charge is 0.338 e. The fourth-order valence-corrected chi connectivity index (χ4v) is 4.14. The Morgan fingerprint density at radius 2 is 1.87 bits per heavy atom. The molecular formula is C23H19ClN4O2. The highest BCUT2D eigenvalue weighted by molar-refractivity contribution is 6.30. The third-order valence-corrected chi connectivity index (χ3v) is 5.69. The molecule has 1 fully saturated rings. The number of hydrogen-bond donors (Lipinski definition) is 1. The first-order chi connectivity index (χ1) is 14.6. The molecule has 6 nitrogen and oxygen atoms in total. The number of carbonyl (C=O) groups excluding carboxylic acids is 1. The van der Waals surface area contributed by atoms with Crippen LogP contribution in [0.3, 0.4) is 0 Å². The Kier molecular flexibility index (Phi) is 4.64. The molecule has 0 radical (unpaired) electrons. The van der Waals surface area contributed by atoms with Crippen LogP contribution >= 0.6 is 11.6 Å².